The van der Waals surface area contributed by atoms with E-state index in [0.717, 1.165) is 83.5 Å². The van der Waals surface area contributed by atoms with Crippen molar-refractivity contribution < 1.29 is 4.79 Å². The molecule has 2 saturated heterocycles. The van der Waals surface area contributed by atoms with Gasteiger partial charge in [-0.2, -0.15) is 5.10 Å². The number of nitrogens with one attached hydrogen (secondary N) is 4. The van der Waals surface area contributed by atoms with E-state index in [9.17, 15) is 4.79 Å². The van der Waals surface area contributed by atoms with Crippen LogP contribution in [0.1, 0.15) is 38.5 Å². The second-order valence-corrected chi connectivity index (χ2v) is 10.9. The fourth-order valence-electron chi connectivity index (χ4n) is 6.04. The Hall–Kier alpha value is -4.31. The van der Waals surface area contributed by atoms with Gasteiger partial charge in [-0.1, -0.05) is 0 Å². The van der Waals surface area contributed by atoms with Gasteiger partial charge in [0.25, 0.3) is 0 Å². The molecule has 204 valence electrons. The lowest BCUT2D eigenvalue weighted by molar-refractivity contribution is -0.117. The molecule has 0 atom stereocenters. The lowest BCUT2D eigenvalue weighted by Crippen LogP contribution is -2.30. The minimum Gasteiger partial charge on any atom is -0.370 e. The summed E-state index contributed by atoms with van der Waals surface area (Å²) in [5.41, 5.74) is 7.07. The van der Waals surface area contributed by atoms with E-state index in [1.165, 1.54) is 24.9 Å². The van der Waals surface area contributed by atoms with Crippen molar-refractivity contribution in [3.8, 4) is 22.6 Å². The quantitative estimate of drug-likeness (QED) is 0.244. The third-order valence-corrected chi connectivity index (χ3v) is 8.17. The van der Waals surface area contributed by atoms with E-state index in [2.05, 4.69) is 51.7 Å². The van der Waals surface area contributed by atoms with E-state index in [1.54, 1.807) is 18.6 Å². The van der Waals surface area contributed by atoms with Crippen molar-refractivity contribution in [3.63, 3.8) is 0 Å². The number of rotatable bonds is 6. The lowest BCUT2D eigenvalue weighted by Gasteiger charge is -2.28. The number of carbonyl (C=O) groups is 1. The highest BCUT2D eigenvalue weighted by atomic mass is 16.1. The molecule has 7 rings (SSSR count). The highest BCUT2D eigenvalue weighted by molar-refractivity contribution is 6.00. The van der Waals surface area contributed by atoms with Gasteiger partial charge in [0.2, 0.25) is 5.91 Å². The molecule has 0 spiro atoms. The van der Waals surface area contributed by atoms with Crippen LogP contribution in [-0.4, -0.2) is 62.2 Å². The summed E-state index contributed by atoms with van der Waals surface area (Å²) >= 11 is 0. The van der Waals surface area contributed by atoms with Gasteiger partial charge in [0.1, 0.15) is 5.69 Å². The maximum atomic E-state index is 12.7. The van der Waals surface area contributed by atoms with Crippen LogP contribution < -0.4 is 15.5 Å². The normalized spacial score (nSPS) is 16.6. The smallest absolute Gasteiger partial charge is 0.224 e. The van der Waals surface area contributed by atoms with Gasteiger partial charge in [0.15, 0.2) is 0 Å². The number of hydrogen-bond acceptors (Lipinski definition) is 7. The number of aromatic nitrogens is 6. The molecule has 10 nitrogen and oxygen atoms in total. The summed E-state index contributed by atoms with van der Waals surface area (Å²) in [6.07, 6.45) is 15.4. The van der Waals surface area contributed by atoms with Gasteiger partial charge >= 0.3 is 0 Å². The number of anilines is 2. The molecule has 4 N–H and O–H groups in total. The van der Waals surface area contributed by atoms with Gasteiger partial charge in [0.05, 0.1) is 58.6 Å². The van der Waals surface area contributed by atoms with Gasteiger partial charge in [-0.25, -0.2) is 0 Å². The summed E-state index contributed by atoms with van der Waals surface area (Å²) < 4.78 is 0. The monoisotopic (exact) mass is 535 g/mol. The van der Waals surface area contributed by atoms with Crippen molar-refractivity contribution in [1.82, 2.24) is 35.5 Å². The van der Waals surface area contributed by atoms with E-state index in [-0.39, 0.29) is 5.91 Å². The minimum absolute atomic E-state index is 0.0311. The van der Waals surface area contributed by atoms with Gasteiger partial charge in [0, 0.05) is 42.0 Å². The average molecular weight is 536 g/mol. The number of nitrogens with zero attached hydrogens (tertiary/aromatic N) is 5. The van der Waals surface area contributed by atoms with Crippen molar-refractivity contribution in [1.29, 1.82) is 0 Å². The van der Waals surface area contributed by atoms with E-state index >= 15 is 0 Å². The Morgan fingerprint density at radius 3 is 2.65 bits per heavy atom. The Labute approximate surface area is 232 Å². The standard InChI is InChI=1S/C30H33N9O/c40-29(10-19-4-6-31-7-5-19)35-21-11-20(14-32-15-21)24-13-23-27(17-34-24)37-38-30(23)25-12-22-26(36-25)16-33-18-28(22)39-8-2-1-3-9-39/h11-19,31,36H,1-10H2,(H,35,40)(H,37,38). The Morgan fingerprint density at radius 2 is 1.77 bits per heavy atom. The second kappa shape index (κ2) is 10.7. The van der Waals surface area contributed by atoms with Crippen LogP contribution in [0.2, 0.25) is 0 Å². The molecule has 0 bridgehead atoms. The largest absolute Gasteiger partial charge is 0.370 e. The van der Waals surface area contributed by atoms with E-state index in [4.69, 9.17) is 0 Å². The number of amides is 1. The summed E-state index contributed by atoms with van der Waals surface area (Å²) in [6.45, 7) is 4.09. The number of pyridine rings is 3. The highest BCUT2D eigenvalue weighted by Gasteiger charge is 2.19. The van der Waals surface area contributed by atoms with Crippen LogP contribution in [-0.2, 0) is 4.79 Å². The third kappa shape index (κ3) is 4.90. The molecule has 2 aliphatic heterocycles. The second-order valence-electron chi connectivity index (χ2n) is 10.9. The topological polar surface area (TPSA) is 128 Å². The van der Waals surface area contributed by atoms with Crippen LogP contribution >= 0.6 is 0 Å². The van der Waals surface area contributed by atoms with Crippen LogP contribution in [0.3, 0.4) is 0 Å². The van der Waals surface area contributed by atoms with Crippen molar-refractivity contribution in [2.45, 2.75) is 38.5 Å². The maximum absolute atomic E-state index is 12.7. The average Bonchev–Trinajstić information content (AvgIpc) is 3.62. The highest BCUT2D eigenvalue weighted by Crippen LogP contribution is 2.34. The van der Waals surface area contributed by atoms with Gasteiger partial charge < -0.3 is 20.5 Å². The van der Waals surface area contributed by atoms with E-state index < -0.39 is 0 Å². The summed E-state index contributed by atoms with van der Waals surface area (Å²) in [5, 5.41) is 16.3. The summed E-state index contributed by atoms with van der Waals surface area (Å²) in [7, 11) is 0. The molecule has 1 amide bonds. The van der Waals surface area contributed by atoms with Crippen LogP contribution in [0.15, 0.2) is 49.2 Å². The third-order valence-electron chi connectivity index (χ3n) is 8.17. The molecular formula is C30H33N9O. The molecule has 5 aromatic heterocycles. The molecule has 0 radical (unpaired) electrons. The molecule has 0 aromatic carbocycles. The van der Waals surface area contributed by atoms with Crippen molar-refractivity contribution in [3.05, 3.63) is 49.2 Å². The zero-order valence-electron chi connectivity index (χ0n) is 22.4. The van der Waals surface area contributed by atoms with Gasteiger partial charge in [-0.05, 0) is 69.3 Å². The maximum Gasteiger partial charge on any atom is 0.224 e. The molecule has 2 fully saturated rings. The number of hydrogen-bond donors (Lipinski definition) is 4. The molecule has 5 aromatic rings. The Kier molecular flexibility index (Phi) is 6.60. The first-order valence-corrected chi connectivity index (χ1v) is 14.2. The fraction of sp³-hybridized carbons (Fsp3) is 0.367. The zero-order chi connectivity index (χ0) is 26.9. The Balaban J connectivity index is 1.17. The number of H-pyrrole nitrogens is 2. The first-order valence-electron chi connectivity index (χ1n) is 14.2. The fourth-order valence-corrected chi connectivity index (χ4v) is 6.04. The number of aromatic amines is 2. The molecule has 0 aliphatic carbocycles. The molecule has 7 heterocycles. The molecular weight excluding hydrogens is 502 g/mol. The number of fused-ring (bicyclic) bond motifs is 2. The van der Waals surface area contributed by atoms with Gasteiger partial charge in [-0.15, -0.1) is 0 Å². The molecule has 2 aliphatic rings. The molecule has 10 heteroatoms. The van der Waals surface area contributed by atoms with E-state index in [0.29, 0.717) is 18.0 Å². The number of piperidine rings is 2. The zero-order valence-corrected chi connectivity index (χ0v) is 22.4. The Bertz CT molecular complexity index is 1660. The predicted molar refractivity (Wildman–Crippen MR) is 157 cm³/mol. The van der Waals surface area contributed by atoms with Crippen LogP contribution in [0.25, 0.3) is 44.5 Å². The van der Waals surface area contributed by atoms with Crippen LogP contribution in [0.5, 0.6) is 0 Å². The first kappa shape index (κ1) is 24.7. The van der Waals surface area contributed by atoms with Gasteiger partial charge in [-0.3, -0.25) is 24.8 Å². The molecule has 0 saturated carbocycles. The molecule has 0 unspecified atom stereocenters. The van der Waals surface area contributed by atoms with Crippen molar-refractivity contribution in [2.75, 3.05) is 36.4 Å². The number of carbonyl (C=O) groups excluding carboxylic acids is 1. The summed E-state index contributed by atoms with van der Waals surface area (Å²) in [5.74, 6) is 0.459. The van der Waals surface area contributed by atoms with E-state index in [1.807, 2.05) is 24.5 Å². The Morgan fingerprint density at radius 1 is 0.925 bits per heavy atom. The first-order chi connectivity index (χ1) is 19.7. The minimum atomic E-state index is 0.0311. The summed E-state index contributed by atoms with van der Waals surface area (Å²) in [6, 6.07) is 6.14. The SMILES string of the molecule is O=C(CC1CCNCC1)Nc1cncc(-c2cc3c(-c4cc5c(N6CCCCC6)cncc5[nH]4)n[nH]c3cn2)c1. The van der Waals surface area contributed by atoms with Crippen LogP contribution in [0, 0.1) is 5.92 Å². The summed E-state index contributed by atoms with van der Waals surface area (Å²) in [4.78, 5) is 32.2. The lowest BCUT2D eigenvalue weighted by atomic mass is 9.94. The van der Waals surface area contributed by atoms with Crippen molar-refractivity contribution in [2.24, 2.45) is 5.92 Å². The van der Waals surface area contributed by atoms with Crippen LogP contribution in [0.4, 0.5) is 11.4 Å². The molecule has 40 heavy (non-hydrogen) atoms. The predicted octanol–water partition coefficient (Wildman–Crippen LogP) is 4.88. The van der Waals surface area contributed by atoms with Crippen molar-refractivity contribution >= 4 is 39.1 Å².